The van der Waals surface area contributed by atoms with Gasteiger partial charge in [0.1, 0.15) is 11.5 Å². The number of nitrogens with zero attached hydrogens (tertiary/aromatic N) is 2. The van der Waals surface area contributed by atoms with E-state index in [1.165, 1.54) is 32.1 Å². The van der Waals surface area contributed by atoms with Crippen molar-refractivity contribution in [3.63, 3.8) is 0 Å². The molecule has 0 radical (unpaired) electrons. The molecule has 1 aromatic heterocycles. The Morgan fingerprint density at radius 1 is 1.23 bits per heavy atom. The number of morpholine rings is 1. The zero-order chi connectivity index (χ0) is 17.5. The lowest BCUT2D eigenvalue weighted by atomic mass is 9.96. The van der Waals surface area contributed by atoms with Gasteiger partial charge in [0, 0.05) is 32.7 Å². The zero-order valence-corrected chi connectivity index (χ0v) is 18.3. The minimum absolute atomic E-state index is 0. The highest BCUT2D eigenvalue weighted by atomic mass is 127. The summed E-state index contributed by atoms with van der Waals surface area (Å²) in [7, 11) is 1.85. The molecule has 2 heterocycles. The van der Waals surface area contributed by atoms with Crippen LogP contribution < -0.4 is 10.6 Å². The molecule has 6 nitrogen and oxygen atoms in total. The van der Waals surface area contributed by atoms with Gasteiger partial charge >= 0.3 is 0 Å². The van der Waals surface area contributed by atoms with E-state index in [-0.39, 0.29) is 30.0 Å². The average molecular weight is 476 g/mol. The largest absolute Gasteiger partial charge is 0.465 e. The average Bonchev–Trinajstić information content (AvgIpc) is 3.08. The van der Waals surface area contributed by atoms with E-state index in [1.807, 2.05) is 20.0 Å². The molecule has 1 aromatic rings. The molecule has 1 saturated carbocycles. The third-order valence-corrected chi connectivity index (χ3v) is 5.21. The standard InChI is InChI=1S/C19H32N4O2.HI/c1-15-8-9-18(25-15)17(23-10-12-24-13-11-23)14-21-19(20-2)22-16-6-4-3-5-7-16;/h8-9,16-17H,3-7,10-14H2,1-2H3,(H2,20,21,22);1H. The van der Waals surface area contributed by atoms with Gasteiger partial charge < -0.3 is 19.8 Å². The maximum absolute atomic E-state index is 5.93. The zero-order valence-electron chi connectivity index (χ0n) is 16.0. The summed E-state index contributed by atoms with van der Waals surface area (Å²) in [6.07, 6.45) is 6.48. The summed E-state index contributed by atoms with van der Waals surface area (Å²) in [5, 5.41) is 7.10. The number of hydrogen-bond acceptors (Lipinski definition) is 4. The molecule has 7 heteroatoms. The van der Waals surface area contributed by atoms with Crippen molar-refractivity contribution >= 4 is 29.9 Å². The van der Waals surface area contributed by atoms with Crippen LogP contribution in [-0.2, 0) is 4.74 Å². The normalized spacial score (nSPS) is 21.1. The van der Waals surface area contributed by atoms with Gasteiger partial charge in [0.25, 0.3) is 0 Å². The summed E-state index contributed by atoms with van der Waals surface area (Å²) in [4.78, 5) is 6.85. The third-order valence-electron chi connectivity index (χ3n) is 5.21. The summed E-state index contributed by atoms with van der Waals surface area (Å²) in [5.41, 5.74) is 0. The first kappa shape index (κ1) is 21.5. The SMILES string of the molecule is CN=C(NCC(c1ccc(C)o1)N1CCOCC1)NC1CCCCC1.I. The van der Waals surface area contributed by atoms with Gasteiger partial charge in [0.15, 0.2) is 5.96 Å². The van der Waals surface area contributed by atoms with Gasteiger partial charge in [-0.3, -0.25) is 9.89 Å². The first-order valence-electron chi connectivity index (χ1n) is 9.61. The van der Waals surface area contributed by atoms with Gasteiger partial charge in [-0.2, -0.15) is 0 Å². The number of halogens is 1. The van der Waals surface area contributed by atoms with Crippen LogP contribution in [0.5, 0.6) is 0 Å². The number of nitrogens with one attached hydrogen (secondary N) is 2. The molecule has 0 aromatic carbocycles. The van der Waals surface area contributed by atoms with E-state index < -0.39 is 0 Å². The molecular formula is C19H33IN4O2. The van der Waals surface area contributed by atoms with E-state index in [0.717, 1.165) is 50.3 Å². The van der Waals surface area contributed by atoms with Gasteiger partial charge in [0.2, 0.25) is 0 Å². The summed E-state index contributed by atoms with van der Waals surface area (Å²) in [6.45, 7) is 6.20. The molecule has 2 N–H and O–H groups in total. The molecule has 1 atom stereocenters. The van der Waals surface area contributed by atoms with Crippen molar-refractivity contribution in [2.45, 2.75) is 51.1 Å². The minimum atomic E-state index is 0. The highest BCUT2D eigenvalue weighted by molar-refractivity contribution is 14.0. The van der Waals surface area contributed by atoms with E-state index in [2.05, 4.69) is 26.6 Å². The number of ether oxygens (including phenoxy) is 1. The fraction of sp³-hybridized carbons (Fsp3) is 0.737. The Kier molecular flexibility index (Phi) is 9.21. The molecule has 1 unspecified atom stereocenters. The summed E-state index contributed by atoms with van der Waals surface area (Å²) >= 11 is 0. The molecule has 0 amide bonds. The Balaban J connectivity index is 0.00000243. The number of furan rings is 1. The van der Waals surface area contributed by atoms with Crippen molar-refractivity contribution in [1.82, 2.24) is 15.5 Å². The van der Waals surface area contributed by atoms with Crippen LogP contribution >= 0.6 is 24.0 Å². The lowest BCUT2D eigenvalue weighted by molar-refractivity contribution is 0.0124. The Morgan fingerprint density at radius 2 is 1.96 bits per heavy atom. The monoisotopic (exact) mass is 476 g/mol. The molecule has 1 saturated heterocycles. The van der Waals surface area contributed by atoms with Gasteiger partial charge in [-0.1, -0.05) is 19.3 Å². The third kappa shape index (κ3) is 6.13. The van der Waals surface area contributed by atoms with Crippen molar-refractivity contribution in [1.29, 1.82) is 0 Å². The van der Waals surface area contributed by atoms with Crippen LogP contribution in [-0.4, -0.2) is 56.8 Å². The van der Waals surface area contributed by atoms with Crippen molar-refractivity contribution in [2.75, 3.05) is 39.9 Å². The number of aliphatic imine (C=N–C) groups is 1. The fourth-order valence-corrected chi connectivity index (χ4v) is 3.76. The Bertz CT molecular complexity index is 551. The first-order valence-corrected chi connectivity index (χ1v) is 9.61. The fourth-order valence-electron chi connectivity index (χ4n) is 3.76. The van der Waals surface area contributed by atoms with E-state index >= 15 is 0 Å². The lowest BCUT2D eigenvalue weighted by Gasteiger charge is -2.34. The highest BCUT2D eigenvalue weighted by Crippen LogP contribution is 2.23. The van der Waals surface area contributed by atoms with Gasteiger partial charge in [-0.25, -0.2) is 0 Å². The second-order valence-electron chi connectivity index (χ2n) is 7.04. The van der Waals surface area contributed by atoms with Gasteiger partial charge in [-0.15, -0.1) is 24.0 Å². The second kappa shape index (κ2) is 11.1. The van der Waals surface area contributed by atoms with Gasteiger partial charge in [-0.05, 0) is 31.9 Å². The van der Waals surface area contributed by atoms with E-state index in [9.17, 15) is 0 Å². The summed E-state index contributed by atoms with van der Waals surface area (Å²) in [6, 6.07) is 4.88. The molecule has 26 heavy (non-hydrogen) atoms. The van der Waals surface area contributed by atoms with Crippen molar-refractivity contribution in [3.8, 4) is 0 Å². The molecule has 0 bridgehead atoms. The van der Waals surface area contributed by atoms with Crippen molar-refractivity contribution in [2.24, 2.45) is 4.99 Å². The molecule has 0 spiro atoms. The molecule has 3 rings (SSSR count). The summed E-state index contributed by atoms with van der Waals surface area (Å²) in [5.74, 6) is 2.87. The first-order chi connectivity index (χ1) is 12.3. The van der Waals surface area contributed by atoms with Crippen LogP contribution in [0.3, 0.4) is 0 Å². The Labute approximate surface area is 174 Å². The van der Waals surface area contributed by atoms with E-state index in [4.69, 9.17) is 9.15 Å². The number of guanidine groups is 1. The van der Waals surface area contributed by atoms with E-state index in [0.29, 0.717) is 6.04 Å². The molecule has 148 valence electrons. The molecule has 2 aliphatic rings. The molecular weight excluding hydrogens is 443 g/mol. The second-order valence-corrected chi connectivity index (χ2v) is 7.04. The minimum Gasteiger partial charge on any atom is -0.465 e. The molecule has 1 aliphatic heterocycles. The van der Waals surface area contributed by atoms with Crippen LogP contribution in [0.15, 0.2) is 21.5 Å². The van der Waals surface area contributed by atoms with Crippen LogP contribution in [0, 0.1) is 6.92 Å². The van der Waals surface area contributed by atoms with Crippen LogP contribution in [0.25, 0.3) is 0 Å². The highest BCUT2D eigenvalue weighted by Gasteiger charge is 2.25. The van der Waals surface area contributed by atoms with Crippen LogP contribution in [0.1, 0.15) is 49.7 Å². The quantitative estimate of drug-likeness (QED) is 0.389. The number of aryl methyl sites for hydroxylation is 1. The smallest absolute Gasteiger partial charge is 0.191 e. The Hall–Kier alpha value is -0.800. The predicted octanol–water partition coefficient (Wildman–Crippen LogP) is 3.08. The topological polar surface area (TPSA) is 62.0 Å². The van der Waals surface area contributed by atoms with Crippen molar-refractivity contribution in [3.05, 3.63) is 23.7 Å². The van der Waals surface area contributed by atoms with Crippen LogP contribution in [0.4, 0.5) is 0 Å². The van der Waals surface area contributed by atoms with Crippen LogP contribution in [0.2, 0.25) is 0 Å². The maximum atomic E-state index is 5.93. The predicted molar refractivity (Wildman–Crippen MR) is 115 cm³/mol. The Morgan fingerprint density at radius 3 is 2.58 bits per heavy atom. The maximum Gasteiger partial charge on any atom is 0.191 e. The van der Waals surface area contributed by atoms with Gasteiger partial charge in [0.05, 0.1) is 19.3 Å². The lowest BCUT2D eigenvalue weighted by Crippen LogP contribution is -2.48. The van der Waals surface area contributed by atoms with E-state index in [1.54, 1.807) is 0 Å². The number of rotatable bonds is 5. The number of hydrogen-bond donors (Lipinski definition) is 2. The van der Waals surface area contributed by atoms with Crippen molar-refractivity contribution < 1.29 is 9.15 Å². The molecule has 2 fully saturated rings. The molecule has 1 aliphatic carbocycles. The summed E-state index contributed by atoms with van der Waals surface area (Å²) < 4.78 is 11.4.